The predicted molar refractivity (Wildman–Crippen MR) is 69.1 cm³/mol. The highest BCUT2D eigenvalue weighted by atomic mass is 16.3. The Kier molecular flexibility index (Phi) is 3.81. The van der Waals surface area contributed by atoms with E-state index in [-0.39, 0.29) is 0 Å². The second kappa shape index (κ2) is 5.35. The minimum atomic E-state index is -0.606. The second-order valence-corrected chi connectivity index (χ2v) is 4.66. The van der Waals surface area contributed by atoms with Crippen LogP contribution < -0.4 is 0 Å². The van der Waals surface area contributed by atoms with Crippen LogP contribution in [-0.4, -0.2) is 24.4 Å². The van der Waals surface area contributed by atoms with Crippen LogP contribution in [0.1, 0.15) is 43.9 Å². The van der Waals surface area contributed by atoms with Crippen LogP contribution in [0.4, 0.5) is 0 Å². The highest BCUT2D eigenvalue weighted by Gasteiger charge is 2.15. The monoisotopic (exact) mass is 248 g/mol. The van der Waals surface area contributed by atoms with Gasteiger partial charge in [-0.3, -0.25) is 4.68 Å². The standard InChI is InChI=1S/C13H20N4O/c1-4-10(2)17-7-5-11(15-17)9-12(18)13-14-6-8-16(13)3/h5-8,10,12,18H,4,9H2,1-3H3. The zero-order valence-corrected chi connectivity index (χ0v) is 11.1. The van der Waals surface area contributed by atoms with Crippen LogP contribution in [0.5, 0.6) is 0 Å². The smallest absolute Gasteiger partial charge is 0.137 e. The van der Waals surface area contributed by atoms with Crippen LogP contribution in [0.15, 0.2) is 24.7 Å². The molecule has 0 aliphatic heterocycles. The maximum Gasteiger partial charge on any atom is 0.137 e. The fourth-order valence-electron chi connectivity index (χ4n) is 1.91. The maximum absolute atomic E-state index is 10.1. The maximum atomic E-state index is 10.1. The number of nitrogens with zero attached hydrogens (tertiary/aromatic N) is 4. The van der Waals surface area contributed by atoms with Crippen molar-refractivity contribution in [1.82, 2.24) is 19.3 Å². The Hall–Kier alpha value is -1.62. The van der Waals surface area contributed by atoms with Crippen molar-refractivity contribution >= 4 is 0 Å². The Morgan fingerprint density at radius 2 is 2.17 bits per heavy atom. The lowest BCUT2D eigenvalue weighted by molar-refractivity contribution is 0.163. The molecule has 0 aliphatic rings. The van der Waals surface area contributed by atoms with E-state index in [1.54, 1.807) is 6.20 Å². The Morgan fingerprint density at radius 3 is 2.78 bits per heavy atom. The minimum absolute atomic E-state index is 0.393. The van der Waals surface area contributed by atoms with Gasteiger partial charge in [0.25, 0.3) is 0 Å². The van der Waals surface area contributed by atoms with Gasteiger partial charge in [0.05, 0.1) is 5.69 Å². The normalized spacial score (nSPS) is 14.7. The van der Waals surface area contributed by atoms with Gasteiger partial charge in [-0.2, -0.15) is 5.10 Å². The summed E-state index contributed by atoms with van der Waals surface area (Å²) < 4.78 is 3.77. The fraction of sp³-hybridized carbons (Fsp3) is 0.538. The van der Waals surface area contributed by atoms with Gasteiger partial charge < -0.3 is 9.67 Å². The van der Waals surface area contributed by atoms with Gasteiger partial charge >= 0.3 is 0 Å². The van der Waals surface area contributed by atoms with Crippen LogP contribution in [-0.2, 0) is 13.5 Å². The molecule has 0 aromatic carbocycles. The van der Waals surface area contributed by atoms with Gasteiger partial charge in [0.15, 0.2) is 0 Å². The van der Waals surface area contributed by atoms with E-state index in [0.29, 0.717) is 18.3 Å². The van der Waals surface area contributed by atoms with E-state index in [1.807, 2.05) is 34.8 Å². The molecule has 2 atom stereocenters. The number of aliphatic hydroxyl groups is 1. The number of hydrogen-bond acceptors (Lipinski definition) is 3. The van der Waals surface area contributed by atoms with E-state index in [1.165, 1.54) is 0 Å². The molecule has 5 nitrogen and oxygen atoms in total. The third-order valence-corrected chi connectivity index (χ3v) is 3.26. The second-order valence-electron chi connectivity index (χ2n) is 4.66. The summed E-state index contributed by atoms with van der Waals surface area (Å²) in [5, 5.41) is 14.6. The van der Waals surface area contributed by atoms with Crippen LogP contribution in [0, 0.1) is 0 Å². The molecule has 18 heavy (non-hydrogen) atoms. The molecular weight excluding hydrogens is 228 g/mol. The van der Waals surface area contributed by atoms with Gasteiger partial charge in [0.1, 0.15) is 11.9 Å². The van der Waals surface area contributed by atoms with E-state index in [4.69, 9.17) is 0 Å². The Morgan fingerprint density at radius 1 is 1.39 bits per heavy atom. The molecule has 98 valence electrons. The van der Waals surface area contributed by atoms with Crippen LogP contribution >= 0.6 is 0 Å². The molecule has 2 unspecified atom stereocenters. The van der Waals surface area contributed by atoms with Crippen LogP contribution in [0.3, 0.4) is 0 Å². The molecule has 0 saturated carbocycles. The fourth-order valence-corrected chi connectivity index (χ4v) is 1.91. The topological polar surface area (TPSA) is 55.9 Å². The molecule has 0 amide bonds. The van der Waals surface area contributed by atoms with Crippen molar-refractivity contribution in [2.24, 2.45) is 7.05 Å². The van der Waals surface area contributed by atoms with Crippen molar-refractivity contribution in [1.29, 1.82) is 0 Å². The van der Waals surface area contributed by atoms with Gasteiger partial charge in [0, 0.05) is 38.1 Å². The number of aliphatic hydroxyl groups excluding tert-OH is 1. The van der Waals surface area contributed by atoms with E-state index in [0.717, 1.165) is 12.1 Å². The molecule has 5 heteroatoms. The van der Waals surface area contributed by atoms with Crippen molar-refractivity contribution in [3.8, 4) is 0 Å². The third-order valence-electron chi connectivity index (χ3n) is 3.26. The van der Waals surface area contributed by atoms with Crippen molar-refractivity contribution in [3.05, 3.63) is 36.2 Å². The van der Waals surface area contributed by atoms with E-state index < -0.39 is 6.10 Å². The zero-order valence-electron chi connectivity index (χ0n) is 11.1. The summed E-state index contributed by atoms with van der Waals surface area (Å²) in [6.07, 6.45) is 6.42. The third kappa shape index (κ3) is 2.61. The first-order valence-corrected chi connectivity index (χ1v) is 6.31. The molecule has 0 saturated heterocycles. The molecule has 1 N–H and O–H groups in total. The van der Waals surface area contributed by atoms with Gasteiger partial charge in [-0.15, -0.1) is 0 Å². The van der Waals surface area contributed by atoms with Crippen LogP contribution in [0.25, 0.3) is 0 Å². The lowest BCUT2D eigenvalue weighted by Gasteiger charge is -2.10. The average Bonchev–Trinajstić information content (AvgIpc) is 2.97. The summed E-state index contributed by atoms with van der Waals surface area (Å²) in [7, 11) is 1.88. The van der Waals surface area contributed by atoms with Crippen molar-refractivity contribution in [2.75, 3.05) is 0 Å². The minimum Gasteiger partial charge on any atom is -0.385 e. The summed E-state index contributed by atoms with van der Waals surface area (Å²) in [5.41, 5.74) is 0.894. The molecule has 0 aliphatic carbocycles. The Balaban J connectivity index is 2.06. The van der Waals surface area contributed by atoms with E-state index in [9.17, 15) is 5.11 Å². The highest BCUT2D eigenvalue weighted by molar-refractivity contribution is 5.06. The number of rotatable bonds is 5. The summed E-state index contributed by atoms with van der Waals surface area (Å²) in [5.74, 6) is 0.674. The van der Waals surface area contributed by atoms with E-state index in [2.05, 4.69) is 23.9 Å². The average molecular weight is 248 g/mol. The lowest BCUT2D eigenvalue weighted by atomic mass is 10.2. The van der Waals surface area contributed by atoms with Crippen molar-refractivity contribution in [2.45, 2.75) is 38.8 Å². The molecule has 2 aromatic heterocycles. The van der Waals surface area contributed by atoms with E-state index >= 15 is 0 Å². The Labute approximate surface area is 107 Å². The molecule has 0 radical (unpaired) electrons. The quantitative estimate of drug-likeness (QED) is 0.878. The lowest BCUT2D eigenvalue weighted by Crippen LogP contribution is -2.10. The zero-order chi connectivity index (χ0) is 13.1. The van der Waals surface area contributed by atoms with Gasteiger partial charge in [-0.25, -0.2) is 4.98 Å². The summed E-state index contributed by atoms with van der Waals surface area (Å²) >= 11 is 0. The molecule has 0 fully saturated rings. The first kappa shape index (κ1) is 12.8. The molecule has 2 heterocycles. The molecule has 0 spiro atoms. The van der Waals surface area contributed by atoms with Gasteiger partial charge in [-0.05, 0) is 19.4 Å². The number of aryl methyl sites for hydroxylation is 1. The summed E-state index contributed by atoms with van der Waals surface area (Å²) in [4.78, 5) is 4.15. The molecular formula is C13H20N4O. The molecule has 2 rings (SSSR count). The largest absolute Gasteiger partial charge is 0.385 e. The van der Waals surface area contributed by atoms with Crippen molar-refractivity contribution in [3.63, 3.8) is 0 Å². The van der Waals surface area contributed by atoms with Gasteiger partial charge in [-0.1, -0.05) is 6.92 Å². The number of hydrogen-bond donors (Lipinski definition) is 1. The first-order chi connectivity index (χ1) is 8.61. The number of aromatic nitrogens is 4. The van der Waals surface area contributed by atoms with Crippen LogP contribution in [0.2, 0.25) is 0 Å². The summed E-state index contributed by atoms with van der Waals surface area (Å²) in [6, 6.07) is 2.35. The van der Waals surface area contributed by atoms with Crippen molar-refractivity contribution < 1.29 is 5.11 Å². The number of imidazole rings is 1. The summed E-state index contributed by atoms with van der Waals surface area (Å²) in [6.45, 7) is 4.26. The first-order valence-electron chi connectivity index (χ1n) is 6.31. The predicted octanol–water partition coefficient (Wildman–Crippen LogP) is 1.86. The molecule has 0 bridgehead atoms. The molecule has 2 aromatic rings. The highest BCUT2D eigenvalue weighted by Crippen LogP contribution is 2.16. The Bertz CT molecular complexity index is 503. The van der Waals surface area contributed by atoms with Gasteiger partial charge in [0.2, 0.25) is 0 Å². The SMILES string of the molecule is CCC(C)n1ccc(CC(O)c2nccn2C)n1.